The molecule has 0 saturated heterocycles. The predicted molar refractivity (Wildman–Crippen MR) is 91.7 cm³/mol. The highest BCUT2D eigenvalue weighted by Gasteiger charge is 2.18. The molecule has 1 aromatic heterocycles. The van der Waals surface area contributed by atoms with Gasteiger partial charge in [0.05, 0.1) is 11.5 Å². The lowest BCUT2D eigenvalue weighted by Gasteiger charge is -2.26. The molecule has 1 heterocycles. The van der Waals surface area contributed by atoms with E-state index in [1.807, 2.05) is 13.8 Å². The molecular formula is C16H19N5O4. The van der Waals surface area contributed by atoms with Crippen molar-refractivity contribution in [3.05, 3.63) is 52.3 Å². The zero-order chi connectivity index (χ0) is 18.4. The third kappa shape index (κ3) is 4.70. The second kappa shape index (κ2) is 8.15. The smallest absolute Gasteiger partial charge is 0.305 e. The van der Waals surface area contributed by atoms with Gasteiger partial charge in [0, 0.05) is 23.8 Å². The van der Waals surface area contributed by atoms with Crippen molar-refractivity contribution in [2.45, 2.75) is 19.9 Å². The maximum Gasteiger partial charge on any atom is 0.305 e. The van der Waals surface area contributed by atoms with Crippen molar-refractivity contribution in [2.24, 2.45) is 0 Å². The Morgan fingerprint density at radius 1 is 1.28 bits per heavy atom. The summed E-state index contributed by atoms with van der Waals surface area (Å²) < 4.78 is 0. The summed E-state index contributed by atoms with van der Waals surface area (Å²) in [7, 11) is 0. The SMILES string of the molecule is CC(C)N(CCO)C(=O)c1ccc(Nc2ncc([N+](=O)[O-])cn2)cc1. The van der Waals surface area contributed by atoms with E-state index in [0.29, 0.717) is 11.3 Å². The van der Waals surface area contributed by atoms with Crippen LogP contribution in [-0.2, 0) is 0 Å². The van der Waals surface area contributed by atoms with E-state index >= 15 is 0 Å². The molecule has 2 rings (SSSR count). The molecule has 0 atom stereocenters. The fraction of sp³-hybridized carbons (Fsp3) is 0.312. The number of nitro groups is 1. The molecule has 0 radical (unpaired) electrons. The first-order valence-electron chi connectivity index (χ1n) is 7.67. The number of benzene rings is 1. The van der Waals surface area contributed by atoms with E-state index in [4.69, 9.17) is 5.11 Å². The Labute approximate surface area is 144 Å². The molecule has 0 aliphatic carbocycles. The summed E-state index contributed by atoms with van der Waals surface area (Å²) in [6.45, 7) is 3.94. The zero-order valence-electron chi connectivity index (χ0n) is 13.9. The fourth-order valence-corrected chi connectivity index (χ4v) is 2.17. The first-order chi connectivity index (χ1) is 11.9. The van der Waals surface area contributed by atoms with Crippen LogP contribution in [0.2, 0.25) is 0 Å². The van der Waals surface area contributed by atoms with E-state index in [1.54, 1.807) is 29.2 Å². The number of nitrogens with zero attached hydrogens (tertiary/aromatic N) is 4. The summed E-state index contributed by atoms with van der Waals surface area (Å²) >= 11 is 0. The molecule has 0 aliphatic rings. The standard InChI is InChI=1S/C16H19N5O4/c1-11(2)20(7-8-22)15(23)12-3-5-13(6-4-12)19-16-17-9-14(10-18-16)21(24)25/h3-6,9-11,22H,7-8H2,1-2H3,(H,17,18,19). The van der Waals surface area contributed by atoms with Gasteiger partial charge in [0.25, 0.3) is 5.91 Å². The molecule has 1 aromatic carbocycles. The largest absolute Gasteiger partial charge is 0.395 e. The van der Waals surface area contributed by atoms with Gasteiger partial charge in [-0.3, -0.25) is 14.9 Å². The van der Waals surface area contributed by atoms with Crippen molar-refractivity contribution in [1.29, 1.82) is 0 Å². The van der Waals surface area contributed by atoms with E-state index in [2.05, 4.69) is 15.3 Å². The van der Waals surface area contributed by atoms with Crippen LogP contribution in [0.5, 0.6) is 0 Å². The van der Waals surface area contributed by atoms with Gasteiger partial charge in [-0.1, -0.05) is 0 Å². The highest BCUT2D eigenvalue weighted by molar-refractivity contribution is 5.94. The van der Waals surface area contributed by atoms with Gasteiger partial charge in [-0.25, -0.2) is 9.97 Å². The number of hydrogen-bond donors (Lipinski definition) is 2. The van der Waals surface area contributed by atoms with Crippen LogP contribution in [0.25, 0.3) is 0 Å². The van der Waals surface area contributed by atoms with Gasteiger partial charge in [-0.05, 0) is 38.1 Å². The Morgan fingerprint density at radius 3 is 2.36 bits per heavy atom. The number of carbonyl (C=O) groups excluding carboxylic acids is 1. The van der Waals surface area contributed by atoms with Gasteiger partial charge in [0.2, 0.25) is 5.95 Å². The van der Waals surface area contributed by atoms with Crippen molar-refractivity contribution in [2.75, 3.05) is 18.5 Å². The van der Waals surface area contributed by atoms with Crippen LogP contribution in [0.1, 0.15) is 24.2 Å². The molecule has 0 spiro atoms. The van der Waals surface area contributed by atoms with Crippen LogP contribution in [0, 0.1) is 10.1 Å². The third-order valence-electron chi connectivity index (χ3n) is 3.46. The quantitative estimate of drug-likeness (QED) is 0.581. The second-order valence-corrected chi connectivity index (χ2v) is 5.54. The van der Waals surface area contributed by atoms with Crippen molar-refractivity contribution in [1.82, 2.24) is 14.9 Å². The van der Waals surface area contributed by atoms with Gasteiger partial charge in [-0.15, -0.1) is 0 Å². The molecule has 132 valence electrons. The predicted octanol–water partition coefficient (Wildman–Crippen LogP) is 1.97. The van der Waals surface area contributed by atoms with E-state index in [9.17, 15) is 14.9 Å². The Hall–Kier alpha value is -3.07. The van der Waals surface area contributed by atoms with Crippen LogP contribution in [0.3, 0.4) is 0 Å². The molecule has 9 heteroatoms. The molecule has 0 unspecified atom stereocenters. The second-order valence-electron chi connectivity index (χ2n) is 5.54. The average molecular weight is 345 g/mol. The van der Waals surface area contributed by atoms with Gasteiger partial charge in [0.15, 0.2) is 0 Å². The summed E-state index contributed by atoms with van der Waals surface area (Å²) in [6.07, 6.45) is 2.23. The minimum atomic E-state index is -0.572. The van der Waals surface area contributed by atoms with Crippen LogP contribution in [0.15, 0.2) is 36.7 Å². The van der Waals surface area contributed by atoms with Gasteiger partial charge in [-0.2, -0.15) is 0 Å². The van der Waals surface area contributed by atoms with Gasteiger partial charge in [0.1, 0.15) is 12.4 Å². The van der Waals surface area contributed by atoms with Crippen LogP contribution in [-0.4, -0.2) is 50.0 Å². The maximum atomic E-state index is 12.5. The molecule has 0 aliphatic heterocycles. The van der Waals surface area contributed by atoms with E-state index in [-0.39, 0.29) is 36.7 Å². The Morgan fingerprint density at radius 2 is 1.88 bits per heavy atom. The zero-order valence-corrected chi connectivity index (χ0v) is 13.9. The average Bonchev–Trinajstić information content (AvgIpc) is 2.60. The lowest BCUT2D eigenvalue weighted by atomic mass is 10.1. The lowest BCUT2D eigenvalue weighted by Crippen LogP contribution is -2.38. The highest BCUT2D eigenvalue weighted by Crippen LogP contribution is 2.17. The molecule has 25 heavy (non-hydrogen) atoms. The molecule has 1 amide bonds. The Balaban J connectivity index is 2.08. The molecule has 9 nitrogen and oxygen atoms in total. The molecular weight excluding hydrogens is 326 g/mol. The number of carbonyl (C=O) groups is 1. The minimum absolute atomic E-state index is 0.0223. The first kappa shape index (κ1) is 18.3. The summed E-state index contributed by atoms with van der Waals surface area (Å²) in [5.74, 6) is 0.0518. The van der Waals surface area contributed by atoms with E-state index in [0.717, 1.165) is 12.4 Å². The maximum absolute atomic E-state index is 12.5. The Kier molecular flexibility index (Phi) is 5.96. The highest BCUT2D eigenvalue weighted by atomic mass is 16.6. The number of aromatic nitrogens is 2. The van der Waals surface area contributed by atoms with Crippen molar-refractivity contribution in [3.8, 4) is 0 Å². The first-order valence-corrected chi connectivity index (χ1v) is 7.67. The number of amides is 1. The summed E-state index contributed by atoms with van der Waals surface area (Å²) in [5.41, 5.74) is 0.949. The Bertz CT molecular complexity index is 731. The molecule has 2 aromatic rings. The number of rotatable bonds is 7. The molecule has 0 bridgehead atoms. The van der Waals surface area contributed by atoms with E-state index < -0.39 is 4.92 Å². The molecule has 2 N–H and O–H groups in total. The van der Waals surface area contributed by atoms with Crippen molar-refractivity contribution in [3.63, 3.8) is 0 Å². The summed E-state index contributed by atoms with van der Waals surface area (Å²) in [6, 6.07) is 6.67. The fourth-order valence-electron chi connectivity index (χ4n) is 2.17. The van der Waals surface area contributed by atoms with Gasteiger partial charge < -0.3 is 15.3 Å². The van der Waals surface area contributed by atoms with Crippen molar-refractivity contribution >= 4 is 23.2 Å². The van der Waals surface area contributed by atoms with E-state index in [1.165, 1.54) is 0 Å². The number of anilines is 2. The summed E-state index contributed by atoms with van der Waals surface area (Å²) in [5, 5.41) is 22.6. The third-order valence-corrected chi connectivity index (χ3v) is 3.46. The van der Waals surface area contributed by atoms with Gasteiger partial charge >= 0.3 is 5.69 Å². The van der Waals surface area contributed by atoms with Crippen LogP contribution < -0.4 is 5.32 Å². The number of hydrogen-bond acceptors (Lipinski definition) is 7. The topological polar surface area (TPSA) is 121 Å². The van der Waals surface area contributed by atoms with Crippen LogP contribution in [0.4, 0.5) is 17.3 Å². The van der Waals surface area contributed by atoms with Crippen LogP contribution >= 0.6 is 0 Å². The minimum Gasteiger partial charge on any atom is -0.395 e. The lowest BCUT2D eigenvalue weighted by molar-refractivity contribution is -0.385. The normalized spacial score (nSPS) is 10.6. The monoisotopic (exact) mass is 345 g/mol. The number of nitrogens with one attached hydrogen (secondary N) is 1. The molecule has 0 saturated carbocycles. The number of aliphatic hydroxyl groups is 1. The number of aliphatic hydroxyl groups excluding tert-OH is 1. The molecule has 0 fully saturated rings. The summed E-state index contributed by atoms with van der Waals surface area (Å²) in [4.78, 5) is 31.8. The van der Waals surface area contributed by atoms with Crippen molar-refractivity contribution < 1.29 is 14.8 Å².